The van der Waals surface area contributed by atoms with E-state index in [2.05, 4.69) is 45.3 Å². The number of allylic oxidation sites excluding steroid dienone is 5. The molecular formula is C42H61N5O4. The van der Waals surface area contributed by atoms with Gasteiger partial charge in [-0.25, -0.2) is 0 Å². The predicted molar refractivity (Wildman–Crippen MR) is 210 cm³/mol. The van der Waals surface area contributed by atoms with E-state index in [1.54, 1.807) is 13.3 Å². The van der Waals surface area contributed by atoms with Crippen LogP contribution >= 0.6 is 0 Å². The van der Waals surface area contributed by atoms with E-state index in [1.807, 2.05) is 90.3 Å². The highest BCUT2D eigenvalue weighted by atomic mass is 16.5. The number of hydrogen-bond donors (Lipinski definition) is 2. The minimum Gasteiger partial charge on any atom is -0.496 e. The molecule has 4 heterocycles. The number of dihydropyridines is 1. The molecule has 1 aliphatic carbocycles. The number of likely N-dealkylation sites (tertiary alicyclic amines) is 1. The zero-order chi connectivity index (χ0) is 37.8. The largest absolute Gasteiger partial charge is 0.496 e. The van der Waals surface area contributed by atoms with Gasteiger partial charge in [-0.3, -0.25) is 24.6 Å². The zero-order valence-corrected chi connectivity index (χ0v) is 32.4. The molecule has 2 atom stereocenters. The average molecular weight is 700 g/mol. The number of para-hydroxylation sites is 1. The number of aldehydes is 1. The van der Waals surface area contributed by atoms with Crippen LogP contribution < -0.4 is 10.1 Å². The van der Waals surface area contributed by atoms with Crippen molar-refractivity contribution in [2.24, 2.45) is 10.9 Å². The number of aliphatic imine (C=N–C) groups is 1. The summed E-state index contributed by atoms with van der Waals surface area (Å²) in [6.07, 6.45) is 20.4. The first-order valence-electron chi connectivity index (χ1n) is 18.6. The molecule has 2 fully saturated rings. The van der Waals surface area contributed by atoms with Crippen LogP contribution in [0.15, 0.2) is 82.8 Å². The van der Waals surface area contributed by atoms with Crippen molar-refractivity contribution in [3.05, 3.63) is 83.4 Å². The maximum Gasteiger partial charge on any atom is 0.180 e. The van der Waals surface area contributed by atoms with Crippen LogP contribution in [0, 0.1) is 5.92 Å². The molecule has 0 spiro atoms. The Morgan fingerprint density at radius 2 is 1.82 bits per heavy atom. The molecule has 0 amide bonds. The maximum absolute atomic E-state index is 11.4. The van der Waals surface area contributed by atoms with Crippen molar-refractivity contribution in [2.45, 2.75) is 106 Å². The van der Waals surface area contributed by atoms with Gasteiger partial charge in [-0.1, -0.05) is 82.7 Å². The van der Waals surface area contributed by atoms with Gasteiger partial charge in [0.15, 0.2) is 5.78 Å². The zero-order valence-electron chi connectivity index (χ0n) is 32.4. The van der Waals surface area contributed by atoms with Gasteiger partial charge in [0, 0.05) is 60.9 Å². The molecule has 278 valence electrons. The van der Waals surface area contributed by atoms with E-state index in [9.17, 15) is 14.4 Å². The Balaban J connectivity index is 0.000000238. The van der Waals surface area contributed by atoms with Crippen LogP contribution in [-0.2, 0) is 20.8 Å². The Morgan fingerprint density at radius 3 is 2.33 bits per heavy atom. The van der Waals surface area contributed by atoms with Gasteiger partial charge in [0.2, 0.25) is 0 Å². The third-order valence-corrected chi connectivity index (χ3v) is 8.88. The highest BCUT2D eigenvalue weighted by molar-refractivity contribution is 6.46. The number of aryl methyl sites for hydroxylation is 1. The highest BCUT2D eigenvalue weighted by Gasteiger charge is 2.27. The average Bonchev–Trinajstić information content (AvgIpc) is 3.91. The van der Waals surface area contributed by atoms with E-state index in [0.717, 1.165) is 66.7 Å². The Hall–Kier alpha value is -4.37. The van der Waals surface area contributed by atoms with E-state index in [1.165, 1.54) is 24.1 Å². The molecule has 4 aliphatic rings. The summed E-state index contributed by atoms with van der Waals surface area (Å²) in [4.78, 5) is 39.3. The molecule has 2 N–H and O–H groups in total. The number of nitrogens with one attached hydrogen (secondary N) is 2. The van der Waals surface area contributed by atoms with Gasteiger partial charge < -0.3 is 14.8 Å². The summed E-state index contributed by atoms with van der Waals surface area (Å²) in [6, 6.07) is 6.74. The number of H-pyrrole nitrogens is 1. The molecule has 1 saturated carbocycles. The fourth-order valence-electron chi connectivity index (χ4n) is 5.58. The lowest BCUT2D eigenvalue weighted by Gasteiger charge is -2.39. The summed E-state index contributed by atoms with van der Waals surface area (Å²) in [5, 5.41) is 9.95. The monoisotopic (exact) mass is 699 g/mol. The van der Waals surface area contributed by atoms with Gasteiger partial charge in [0.1, 0.15) is 29.6 Å². The normalized spacial score (nSPS) is 18.8. The summed E-state index contributed by atoms with van der Waals surface area (Å²) in [7, 11) is 1.71. The number of aromatic amines is 1. The number of methoxy groups -OCH3 is 1. The number of ketones is 2. The van der Waals surface area contributed by atoms with Crippen LogP contribution in [-0.4, -0.2) is 77.5 Å². The molecule has 2 unspecified atom stereocenters. The number of rotatable bonds is 10. The van der Waals surface area contributed by atoms with E-state index < -0.39 is 0 Å². The first-order chi connectivity index (χ1) is 24.6. The number of aromatic nitrogens is 2. The lowest BCUT2D eigenvalue weighted by Crippen LogP contribution is -2.48. The van der Waals surface area contributed by atoms with Crippen molar-refractivity contribution in [3.8, 4) is 16.9 Å². The first-order valence-corrected chi connectivity index (χ1v) is 18.6. The molecule has 0 bridgehead atoms. The lowest BCUT2D eigenvalue weighted by atomic mass is 10.0. The van der Waals surface area contributed by atoms with Crippen molar-refractivity contribution >= 4 is 23.6 Å². The van der Waals surface area contributed by atoms with Crippen LogP contribution in [0.5, 0.6) is 5.75 Å². The Kier molecular flexibility index (Phi) is 19.4. The van der Waals surface area contributed by atoms with Crippen LogP contribution in [0.25, 0.3) is 11.1 Å². The summed E-state index contributed by atoms with van der Waals surface area (Å²) in [5.74, 6) is 2.02. The second-order valence-corrected chi connectivity index (χ2v) is 12.7. The van der Waals surface area contributed by atoms with Gasteiger partial charge in [-0.2, -0.15) is 5.10 Å². The minimum atomic E-state index is -0.133. The summed E-state index contributed by atoms with van der Waals surface area (Å²) < 4.78 is 5.45. The quantitative estimate of drug-likeness (QED) is 0.241. The molecule has 1 aromatic carbocycles. The van der Waals surface area contributed by atoms with Gasteiger partial charge in [0.25, 0.3) is 0 Å². The molecule has 51 heavy (non-hydrogen) atoms. The third kappa shape index (κ3) is 14.0. The molecule has 9 nitrogen and oxygen atoms in total. The summed E-state index contributed by atoms with van der Waals surface area (Å²) in [6.45, 7) is 18.9. The second kappa shape index (κ2) is 23.2. The van der Waals surface area contributed by atoms with Gasteiger partial charge in [-0.05, 0) is 63.7 Å². The lowest BCUT2D eigenvalue weighted by molar-refractivity contribution is -0.120. The van der Waals surface area contributed by atoms with E-state index >= 15 is 0 Å². The Morgan fingerprint density at radius 1 is 1.08 bits per heavy atom. The number of ether oxygens (including phenoxy) is 1. The maximum atomic E-state index is 11.4. The molecule has 1 aromatic heterocycles. The summed E-state index contributed by atoms with van der Waals surface area (Å²) in [5.41, 5.74) is 7.33. The topological polar surface area (TPSA) is 117 Å². The van der Waals surface area contributed by atoms with Gasteiger partial charge in [0.05, 0.1) is 19.9 Å². The molecule has 9 heteroatoms. The van der Waals surface area contributed by atoms with E-state index in [-0.39, 0.29) is 11.8 Å². The number of hydrogen-bond acceptors (Lipinski definition) is 8. The van der Waals surface area contributed by atoms with Crippen LogP contribution in [0.2, 0.25) is 0 Å². The first kappa shape index (κ1) is 42.8. The van der Waals surface area contributed by atoms with Crippen LogP contribution in [0.4, 0.5) is 0 Å². The Bertz CT molecular complexity index is 1550. The predicted octanol–water partition coefficient (Wildman–Crippen LogP) is 8.05. The fourth-order valence-corrected chi connectivity index (χ4v) is 5.58. The molecule has 0 radical (unpaired) electrons. The van der Waals surface area contributed by atoms with Crippen molar-refractivity contribution in [1.82, 2.24) is 20.4 Å². The SMILES string of the molecule is CC.CC1CCN1CC1=CC=CC(C=O)N1.CCC(=O)C1=NCC=C(C)C=C1C.CCC(=O)C1CC1.CCc1cccc(-c2cn[nH]c2)c1OC. The van der Waals surface area contributed by atoms with E-state index in [0.29, 0.717) is 36.4 Å². The standard InChI is InChI=1S/C12H14N2O.C11H16N2O.C11H15NO.C6H10O.C2H6/c1-3-9-5-4-6-11(12(9)15-2)10-7-13-14-8-10;1-9-5-6-13(9)7-10-3-2-4-11(8-14)12-10;1-4-10(13)11-9(3)7-8(2)5-6-12-11;1-2-6(7)5-3-4-5;1-2/h4-8H,3H2,1-2H3,(H,13,14);2-4,8-9,11-12H,5-7H2,1H3;5,7H,4,6H2,1-3H3;5H,2-4H2,1H3;1-2H3. The number of Topliss-reactive ketones (excluding diaryl/α,β-unsaturated/α-hetero) is 2. The molecule has 2 aromatic rings. The Labute approximate surface area is 306 Å². The molecule has 6 rings (SSSR count). The number of benzene rings is 1. The minimum absolute atomic E-state index is 0.133. The highest BCUT2D eigenvalue weighted by Crippen LogP contribution is 2.32. The van der Waals surface area contributed by atoms with Crippen molar-refractivity contribution < 1.29 is 19.1 Å². The summed E-state index contributed by atoms with van der Waals surface area (Å²) >= 11 is 0. The van der Waals surface area contributed by atoms with Crippen molar-refractivity contribution in [2.75, 3.05) is 26.7 Å². The van der Waals surface area contributed by atoms with Gasteiger partial charge in [-0.15, -0.1) is 0 Å². The molecule has 3 aliphatic heterocycles. The molecule has 1 saturated heterocycles. The van der Waals surface area contributed by atoms with Gasteiger partial charge >= 0.3 is 0 Å². The van der Waals surface area contributed by atoms with Crippen LogP contribution in [0.3, 0.4) is 0 Å². The van der Waals surface area contributed by atoms with Crippen LogP contribution in [0.1, 0.15) is 93.1 Å². The van der Waals surface area contributed by atoms with Crippen molar-refractivity contribution in [1.29, 1.82) is 0 Å². The third-order valence-electron chi connectivity index (χ3n) is 8.88. The van der Waals surface area contributed by atoms with Crippen molar-refractivity contribution in [3.63, 3.8) is 0 Å². The number of nitrogens with zero attached hydrogens (tertiary/aromatic N) is 3. The number of carbonyl (C=O) groups excluding carboxylic acids is 3. The molecular weight excluding hydrogens is 638 g/mol. The second-order valence-electron chi connectivity index (χ2n) is 12.7. The smallest absolute Gasteiger partial charge is 0.180 e. The van der Waals surface area contributed by atoms with E-state index in [4.69, 9.17) is 4.74 Å². The number of carbonyl (C=O) groups is 3. The fraction of sp³-hybridized carbons (Fsp3) is 0.500.